The van der Waals surface area contributed by atoms with Crippen LogP contribution < -0.4 is 10.1 Å². The fourth-order valence-electron chi connectivity index (χ4n) is 1.65. The molecule has 0 aliphatic carbocycles. The van der Waals surface area contributed by atoms with Crippen molar-refractivity contribution in [1.82, 2.24) is 5.32 Å². The van der Waals surface area contributed by atoms with Crippen molar-refractivity contribution >= 4 is 11.5 Å². The average Bonchev–Trinajstić information content (AvgIpc) is 2.61. The maximum Gasteiger partial charge on any atom is 0.187 e. The highest BCUT2D eigenvalue weighted by Crippen LogP contribution is 2.28. The molecule has 0 saturated heterocycles. The van der Waals surface area contributed by atoms with E-state index in [0.717, 1.165) is 5.70 Å². The topological polar surface area (TPSA) is 67.8 Å². The summed E-state index contributed by atoms with van der Waals surface area (Å²) in [5.41, 5.74) is 1.56. The first kappa shape index (κ1) is 18.5. The van der Waals surface area contributed by atoms with Gasteiger partial charge in [0, 0.05) is 23.5 Å². The number of hydrogen-bond acceptors (Lipinski definition) is 5. The molecule has 1 N–H and O–H groups in total. The zero-order valence-electron chi connectivity index (χ0n) is 13.4. The van der Waals surface area contributed by atoms with Crippen LogP contribution in [0, 0.1) is 29.6 Å². The van der Waals surface area contributed by atoms with E-state index in [0.29, 0.717) is 16.9 Å². The van der Waals surface area contributed by atoms with Crippen LogP contribution in [0.1, 0.15) is 17.3 Å². The van der Waals surface area contributed by atoms with Gasteiger partial charge >= 0.3 is 0 Å². The Morgan fingerprint density at radius 2 is 2.00 bits per heavy atom. The van der Waals surface area contributed by atoms with Gasteiger partial charge in [-0.15, -0.1) is 17.8 Å². The molecule has 1 aromatic rings. The van der Waals surface area contributed by atoms with Crippen LogP contribution >= 0.6 is 0 Å². The average molecular weight is 320 g/mol. The maximum absolute atomic E-state index is 12.1. The van der Waals surface area contributed by atoms with E-state index in [1.54, 1.807) is 25.1 Å². The molecule has 0 amide bonds. The van der Waals surface area contributed by atoms with Crippen LogP contribution in [0.5, 0.6) is 5.75 Å². The third kappa shape index (κ3) is 5.32. The van der Waals surface area contributed by atoms with E-state index in [2.05, 4.69) is 22.3 Å². The van der Waals surface area contributed by atoms with Gasteiger partial charge in [-0.05, 0) is 42.5 Å². The predicted octanol–water partition coefficient (Wildman–Crippen LogP) is 3.48. The largest absolute Gasteiger partial charge is 0.494 e. The van der Waals surface area contributed by atoms with E-state index < -0.39 is 0 Å². The number of methoxy groups -OCH3 is 1. The molecule has 0 radical (unpaired) electrons. The van der Waals surface area contributed by atoms with Gasteiger partial charge in [-0.1, -0.05) is 11.8 Å². The second-order valence-corrected chi connectivity index (χ2v) is 4.54. The number of carbonyl (C=O) groups is 1. The summed E-state index contributed by atoms with van der Waals surface area (Å²) in [6, 6.07) is 4.44. The van der Waals surface area contributed by atoms with Gasteiger partial charge in [0.25, 0.3) is 0 Å². The number of hydrogen-bond donors (Lipinski definition) is 1. The molecule has 0 unspecified atom stereocenters. The molecule has 0 aliphatic rings. The van der Waals surface area contributed by atoms with E-state index in [1.165, 1.54) is 31.5 Å². The molecule has 24 heavy (non-hydrogen) atoms. The van der Waals surface area contributed by atoms with Gasteiger partial charge in [-0.2, -0.15) is 0 Å². The minimum atomic E-state index is -0.286. The van der Waals surface area contributed by atoms with E-state index in [4.69, 9.17) is 17.6 Å². The number of nitrogens with zero attached hydrogens (tertiary/aromatic N) is 1. The highest BCUT2D eigenvalue weighted by Gasteiger charge is 2.08. The van der Waals surface area contributed by atoms with Crippen LogP contribution in [0.3, 0.4) is 0 Å². The summed E-state index contributed by atoms with van der Waals surface area (Å²) in [7, 11) is 1.42. The Hall–Kier alpha value is -3.57. The molecule has 1 rings (SSSR count). The van der Waals surface area contributed by atoms with E-state index in [9.17, 15) is 9.70 Å². The summed E-state index contributed by atoms with van der Waals surface area (Å²) in [4.78, 5) is 22.8. The Balaban J connectivity index is 2.78. The molecule has 0 atom stereocenters. The van der Waals surface area contributed by atoms with Gasteiger partial charge in [0.2, 0.25) is 0 Å². The van der Waals surface area contributed by atoms with Crippen molar-refractivity contribution in [3.63, 3.8) is 0 Å². The van der Waals surface area contributed by atoms with Crippen molar-refractivity contribution in [3.8, 4) is 30.4 Å². The second kappa shape index (κ2) is 9.45. The third-order valence-corrected chi connectivity index (χ3v) is 2.92. The normalized spacial score (nSPS) is 10.4. The maximum atomic E-state index is 12.1. The number of nitroso groups, excluding NO2 is 1. The third-order valence-electron chi connectivity index (χ3n) is 2.92. The summed E-state index contributed by atoms with van der Waals surface area (Å²) in [5.74, 6) is 4.74. The molecule has 0 bridgehead atoms. The molecular weight excluding hydrogens is 304 g/mol. The van der Waals surface area contributed by atoms with Crippen molar-refractivity contribution in [2.24, 2.45) is 5.18 Å². The molecule has 0 spiro atoms. The lowest BCUT2D eigenvalue weighted by Crippen LogP contribution is -2.03. The smallest absolute Gasteiger partial charge is 0.187 e. The van der Waals surface area contributed by atoms with Gasteiger partial charge < -0.3 is 10.1 Å². The molecule has 5 heteroatoms. The first-order valence-corrected chi connectivity index (χ1v) is 6.86. The summed E-state index contributed by atoms with van der Waals surface area (Å²) < 4.78 is 4.97. The summed E-state index contributed by atoms with van der Waals surface area (Å²) in [5, 5.41) is 5.74. The molecule has 0 aromatic heterocycles. The van der Waals surface area contributed by atoms with Crippen molar-refractivity contribution < 1.29 is 9.53 Å². The van der Waals surface area contributed by atoms with Crippen LogP contribution in [0.4, 0.5) is 5.69 Å². The van der Waals surface area contributed by atoms with E-state index in [1.807, 2.05) is 0 Å². The molecule has 0 heterocycles. The molecule has 5 nitrogen and oxygen atoms in total. The monoisotopic (exact) mass is 320 g/mol. The van der Waals surface area contributed by atoms with Crippen LogP contribution in [0.15, 0.2) is 59.1 Å². The van der Waals surface area contributed by atoms with Gasteiger partial charge in [-0.25, -0.2) is 0 Å². The number of benzene rings is 1. The van der Waals surface area contributed by atoms with E-state index >= 15 is 0 Å². The number of nitrogens with one attached hydrogen (secondary N) is 1. The highest BCUT2D eigenvalue weighted by atomic mass is 16.5. The Kier molecular flexibility index (Phi) is 7.27. The van der Waals surface area contributed by atoms with Crippen LogP contribution in [-0.4, -0.2) is 12.9 Å². The lowest BCUT2D eigenvalue weighted by molar-refractivity contribution is 0.104. The van der Waals surface area contributed by atoms with Crippen molar-refractivity contribution in [1.29, 1.82) is 0 Å². The Bertz CT molecular complexity index is 787. The number of allylic oxidation sites excluding steroid dienone is 5. The van der Waals surface area contributed by atoms with Gasteiger partial charge in [0.05, 0.1) is 12.7 Å². The number of carbonyl (C=O) groups excluding carboxylic acids is 1. The molecule has 0 saturated carbocycles. The summed E-state index contributed by atoms with van der Waals surface area (Å²) in [6.07, 6.45) is 16.5. The zero-order chi connectivity index (χ0) is 17.9. The predicted molar refractivity (Wildman–Crippen MR) is 94.6 cm³/mol. The summed E-state index contributed by atoms with van der Waals surface area (Å²) in [6.45, 7) is 1.79. The van der Waals surface area contributed by atoms with Crippen LogP contribution in [0.2, 0.25) is 0 Å². The molecule has 0 aliphatic heterocycles. The molecule has 120 valence electrons. The molecule has 1 aromatic carbocycles. The van der Waals surface area contributed by atoms with Crippen LogP contribution in [-0.2, 0) is 0 Å². The lowest BCUT2D eigenvalue weighted by Gasteiger charge is -2.03. The fraction of sp³-hybridized carbons (Fsp3) is 0.105. The number of rotatable bonds is 7. The number of terminal acetylenes is 2. The fourth-order valence-corrected chi connectivity index (χ4v) is 1.65. The Labute approximate surface area is 141 Å². The highest BCUT2D eigenvalue weighted by molar-refractivity contribution is 6.05. The van der Waals surface area contributed by atoms with Crippen molar-refractivity contribution in [3.05, 3.63) is 64.4 Å². The first-order chi connectivity index (χ1) is 11.5. The van der Waals surface area contributed by atoms with Gasteiger partial charge in [0.15, 0.2) is 11.5 Å². The SMILES string of the molecule is C#CC(C#C)=C/C=C(\C)N/C=C\C(=O)c1ccc(OC)c(N=O)c1. The standard InChI is InChI=1S/C19H16N2O3/c1-5-15(6-2)8-7-14(3)20-12-11-18(22)16-9-10-19(24-4)17(13-16)21-23/h1-2,7-13,20H,3-4H3/b12-11-,14-7+. The van der Waals surface area contributed by atoms with Crippen LogP contribution in [0.25, 0.3) is 0 Å². The number of ketones is 1. The first-order valence-electron chi connectivity index (χ1n) is 6.86. The van der Waals surface area contributed by atoms with Gasteiger partial charge in [-0.3, -0.25) is 4.79 Å². The quantitative estimate of drug-likeness (QED) is 0.275. The molecule has 0 fully saturated rings. The summed E-state index contributed by atoms with van der Waals surface area (Å²) >= 11 is 0. The van der Waals surface area contributed by atoms with Crippen molar-refractivity contribution in [2.75, 3.05) is 7.11 Å². The molecular formula is C19H16N2O3. The van der Waals surface area contributed by atoms with E-state index in [-0.39, 0.29) is 11.5 Å². The Morgan fingerprint density at radius 1 is 1.29 bits per heavy atom. The minimum absolute atomic E-state index is 0.0713. The Morgan fingerprint density at radius 3 is 2.58 bits per heavy atom. The number of ether oxygens (including phenoxy) is 1. The zero-order valence-corrected chi connectivity index (χ0v) is 13.4. The minimum Gasteiger partial charge on any atom is -0.494 e. The lowest BCUT2D eigenvalue weighted by atomic mass is 10.1. The van der Waals surface area contributed by atoms with Gasteiger partial charge in [0.1, 0.15) is 5.75 Å². The van der Waals surface area contributed by atoms with Crippen molar-refractivity contribution in [2.45, 2.75) is 6.92 Å². The second-order valence-electron chi connectivity index (χ2n) is 4.54.